The highest BCUT2D eigenvalue weighted by atomic mass is 35.5. The molecule has 0 radical (unpaired) electrons. The zero-order valence-electron chi connectivity index (χ0n) is 10.6. The average molecular weight is 278 g/mol. The molecule has 0 bridgehead atoms. The Kier molecular flexibility index (Phi) is 7.43. The standard InChI is InChI=1S/C12H19NO2S.ClH/c1-8(13)5-9-6-12(16-4)11(15-3)7-10(9)14-2;/h6-8H,5,13H2,1-4H3;1H. The Bertz CT molecular complexity index is 359. The minimum Gasteiger partial charge on any atom is -0.496 e. The van der Waals surface area contributed by atoms with Crippen molar-refractivity contribution in [3.8, 4) is 11.5 Å². The molecule has 1 aromatic rings. The average Bonchev–Trinajstić information content (AvgIpc) is 2.27. The Labute approximate surface area is 113 Å². The molecule has 5 heteroatoms. The molecule has 0 heterocycles. The van der Waals surface area contributed by atoms with E-state index in [-0.39, 0.29) is 18.4 Å². The van der Waals surface area contributed by atoms with Crippen molar-refractivity contribution < 1.29 is 9.47 Å². The van der Waals surface area contributed by atoms with Crippen molar-refractivity contribution in [3.63, 3.8) is 0 Å². The molecule has 1 atom stereocenters. The van der Waals surface area contributed by atoms with Crippen molar-refractivity contribution in [2.75, 3.05) is 20.5 Å². The van der Waals surface area contributed by atoms with E-state index < -0.39 is 0 Å². The summed E-state index contributed by atoms with van der Waals surface area (Å²) in [5.74, 6) is 1.68. The first kappa shape index (κ1) is 16.4. The number of halogens is 1. The van der Waals surface area contributed by atoms with Crippen LogP contribution < -0.4 is 15.2 Å². The van der Waals surface area contributed by atoms with Crippen LogP contribution >= 0.6 is 24.2 Å². The first-order valence-corrected chi connectivity index (χ1v) is 6.39. The second kappa shape index (κ2) is 7.69. The number of rotatable bonds is 5. The Morgan fingerprint density at radius 3 is 2.24 bits per heavy atom. The maximum absolute atomic E-state index is 5.82. The molecule has 0 amide bonds. The smallest absolute Gasteiger partial charge is 0.136 e. The molecule has 1 aromatic carbocycles. The number of nitrogens with two attached hydrogens (primary N) is 1. The van der Waals surface area contributed by atoms with E-state index in [9.17, 15) is 0 Å². The van der Waals surface area contributed by atoms with Crippen molar-refractivity contribution in [2.45, 2.75) is 24.3 Å². The summed E-state index contributed by atoms with van der Waals surface area (Å²) in [5.41, 5.74) is 6.94. The van der Waals surface area contributed by atoms with Crippen molar-refractivity contribution in [1.29, 1.82) is 0 Å². The maximum atomic E-state index is 5.82. The van der Waals surface area contributed by atoms with Gasteiger partial charge < -0.3 is 15.2 Å². The molecule has 0 saturated heterocycles. The molecular weight excluding hydrogens is 258 g/mol. The maximum Gasteiger partial charge on any atom is 0.136 e. The molecule has 17 heavy (non-hydrogen) atoms. The lowest BCUT2D eigenvalue weighted by atomic mass is 10.1. The molecule has 0 saturated carbocycles. The van der Waals surface area contributed by atoms with Gasteiger partial charge in [0.15, 0.2) is 0 Å². The van der Waals surface area contributed by atoms with Crippen LogP contribution in [0.5, 0.6) is 11.5 Å². The Morgan fingerprint density at radius 1 is 1.24 bits per heavy atom. The Balaban J connectivity index is 0.00000256. The fraction of sp³-hybridized carbons (Fsp3) is 0.500. The van der Waals surface area contributed by atoms with Gasteiger partial charge in [-0.25, -0.2) is 0 Å². The highest BCUT2D eigenvalue weighted by molar-refractivity contribution is 7.98. The number of hydrogen-bond acceptors (Lipinski definition) is 4. The van der Waals surface area contributed by atoms with Crippen LogP contribution in [-0.2, 0) is 6.42 Å². The summed E-state index contributed by atoms with van der Waals surface area (Å²) in [4.78, 5) is 1.11. The van der Waals surface area contributed by atoms with Gasteiger partial charge in [0.25, 0.3) is 0 Å². The summed E-state index contributed by atoms with van der Waals surface area (Å²) in [7, 11) is 3.33. The second-order valence-electron chi connectivity index (χ2n) is 3.70. The third-order valence-electron chi connectivity index (χ3n) is 2.33. The lowest BCUT2D eigenvalue weighted by Gasteiger charge is -2.15. The first-order valence-electron chi connectivity index (χ1n) is 5.16. The van der Waals surface area contributed by atoms with Crippen LogP contribution in [0.15, 0.2) is 17.0 Å². The number of thioether (sulfide) groups is 1. The molecule has 2 N–H and O–H groups in total. The predicted molar refractivity (Wildman–Crippen MR) is 75.9 cm³/mol. The summed E-state index contributed by atoms with van der Waals surface area (Å²) in [5, 5.41) is 0. The van der Waals surface area contributed by atoms with E-state index in [1.54, 1.807) is 26.0 Å². The largest absolute Gasteiger partial charge is 0.496 e. The van der Waals surface area contributed by atoms with Crippen LogP contribution in [-0.4, -0.2) is 26.5 Å². The van der Waals surface area contributed by atoms with E-state index in [0.717, 1.165) is 28.4 Å². The van der Waals surface area contributed by atoms with Crippen LogP contribution in [0.25, 0.3) is 0 Å². The lowest BCUT2D eigenvalue weighted by Crippen LogP contribution is -2.18. The van der Waals surface area contributed by atoms with Gasteiger partial charge in [0.2, 0.25) is 0 Å². The first-order chi connectivity index (χ1) is 7.62. The van der Waals surface area contributed by atoms with Gasteiger partial charge in [-0.3, -0.25) is 0 Å². The Morgan fingerprint density at radius 2 is 1.82 bits per heavy atom. The summed E-state index contributed by atoms with van der Waals surface area (Å²) >= 11 is 1.66. The molecule has 98 valence electrons. The van der Waals surface area contributed by atoms with Gasteiger partial charge in [-0.05, 0) is 31.2 Å². The SMILES string of the molecule is COc1cc(OC)c(SC)cc1CC(C)N.Cl. The topological polar surface area (TPSA) is 44.5 Å². The molecule has 0 spiro atoms. The molecular formula is C12H20ClNO2S. The van der Waals surface area contributed by atoms with Gasteiger partial charge in [-0.1, -0.05) is 0 Å². The summed E-state index contributed by atoms with van der Waals surface area (Å²) in [6.07, 6.45) is 2.83. The van der Waals surface area contributed by atoms with Gasteiger partial charge in [0, 0.05) is 17.0 Å². The zero-order valence-corrected chi connectivity index (χ0v) is 12.3. The third kappa shape index (κ3) is 4.30. The lowest BCUT2D eigenvalue weighted by molar-refractivity contribution is 0.384. The summed E-state index contributed by atoms with van der Waals surface area (Å²) in [6.45, 7) is 1.99. The quantitative estimate of drug-likeness (QED) is 0.841. The van der Waals surface area contributed by atoms with Gasteiger partial charge in [0.05, 0.1) is 14.2 Å². The van der Waals surface area contributed by atoms with Crippen molar-refractivity contribution in [3.05, 3.63) is 17.7 Å². The molecule has 0 aliphatic carbocycles. The number of ether oxygens (including phenoxy) is 2. The second-order valence-corrected chi connectivity index (χ2v) is 4.55. The van der Waals surface area contributed by atoms with E-state index in [2.05, 4.69) is 6.07 Å². The number of hydrogen-bond donors (Lipinski definition) is 1. The highest BCUT2D eigenvalue weighted by Crippen LogP contribution is 2.34. The number of methoxy groups -OCH3 is 2. The van der Waals surface area contributed by atoms with Crippen molar-refractivity contribution in [2.24, 2.45) is 5.73 Å². The van der Waals surface area contributed by atoms with Gasteiger partial charge in [-0.2, -0.15) is 0 Å². The van der Waals surface area contributed by atoms with Gasteiger partial charge in [0.1, 0.15) is 11.5 Å². The van der Waals surface area contributed by atoms with Crippen LogP contribution in [0.2, 0.25) is 0 Å². The van der Waals surface area contributed by atoms with Gasteiger partial charge >= 0.3 is 0 Å². The van der Waals surface area contributed by atoms with E-state index in [1.165, 1.54) is 0 Å². The van der Waals surface area contributed by atoms with Crippen molar-refractivity contribution in [1.82, 2.24) is 0 Å². The summed E-state index contributed by atoms with van der Waals surface area (Å²) < 4.78 is 10.6. The van der Waals surface area contributed by atoms with Crippen molar-refractivity contribution >= 4 is 24.2 Å². The van der Waals surface area contributed by atoms with E-state index >= 15 is 0 Å². The van der Waals surface area contributed by atoms with E-state index in [4.69, 9.17) is 15.2 Å². The van der Waals surface area contributed by atoms with Gasteiger partial charge in [-0.15, -0.1) is 24.2 Å². The molecule has 0 fully saturated rings. The molecule has 3 nitrogen and oxygen atoms in total. The fourth-order valence-electron chi connectivity index (χ4n) is 1.60. The predicted octanol–water partition coefficient (Wildman–Crippen LogP) is 2.74. The molecule has 1 unspecified atom stereocenters. The van der Waals surface area contributed by atoms with Crippen LogP contribution in [0.1, 0.15) is 12.5 Å². The highest BCUT2D eigenvalue weighted by Gasteiger charge is 2.11. The zero-order chi connectivity index (χ0) is 12.1. The van der Waals surface area contributed by atoms with Crippen LogP contribution in [0.4, 0.5) is 0 Å². The monoisotopic (exact) mass is 277 g/mol. The fourth-order valence-corrected chi connectivity index (χ4v) is 2.20. The third-order valence-corrected chi connectivity index (χ3v) is 3.09. The minimum absolute atomic E-state index is 0. The van der Waals surface area contributed by atoms with E-state index in [1.807, 2.05) is 19.2 Å². The molecule has 0 aliphatic heterocycles. The molecule has 1 rings (SSSR count). The molecule has 0 aromatic heterocycles. The normalized spacial score (nSPS) is 11.6. The van der Waals surface area contributed by atoms with Crippen LogP contribution in [0, 0.1) is 0 Å². The van der Waals surface area contributed by atoms with E-state index in [0.29, 0.717) is 0 Å². The minimum atomic E-state index is 0. The summed E-state index contributed by atoms with van der Waals surface area (Å²) in [6, 6.07) is 4.13. The van der Waals surface area contributed by atoms with Crippen LogP contribution in [0.3, 0.4) is 0 Å². The number of benzene rings is 1. The molecule has 0 aliphatic rings. The Hall–Kier alpha value is -0.580.